The molecule has 2 aromatic rings. The average molecular weight is 423 g/mol. The van der Waals surface area contributed by atoms with Crippen molar-refractivity contribution in [3.63, 3.8) is 0 Å². The molecule has 5 rings (SSSR count). The number of rotatable bonds is 5. The van der Waals surface area contributed by atoms with Gasteiger partial charge in [0.15, 0.2) is 0 Å². The maximum atomic E-state index is 12.1. The van der Waals surface area contributed by atoms with E-state index in [1.807, 2.05) is 54.6 Å². The van der Waals surface area contributed by atoms with Crippen molar-refractivity contribution in [2.75, 3.05) is 18.0 Å². The lowest BCUT2D eigenvalue weighted by Crippen LogP contribution is -2.34. The highest BCUT2D eigenvalue weighted by molar-refractivity contribution is 6.28. The standard InChI is InChI=1S/C28H26N2O2/c1-2-20(24-18-22-13-8-16-30-17-9-14-23(19-24)27(22)30)10-6-7-15-25-26(29-32-28(25)31)21-11-4-3-5-12-21/h2-7,10-12,15,18-19H,1,8-9,13-14,16-17H2/b7-6+,20-10+,25-15+. The molecule has 0 N–H and O–H groups in total. The predicted octanol–water partition coefficient (Wildman–Crippen LogP) is 5.40. The zero-order valence-electron chi connectivity index (χ0n) is 18.1. The minimum absolute atomic E-state index is 0.431. The van der Waals surface area contributed by atoms with E-state index in [2.05, 4.69) is 28.8 Å². The summed E-state index contributed by atoms with van der Waals surface area (Å²) in [6.45, 7) is 6.39. The van der Waals surface area contributed by atoms with Crippen molar-refractivity contribution in [1.29, 1.82) is 0 Å². The smallest absolute Gasteiger partial charge is 0.368 e. The van der Waals surface area contributed by atoms with Gasteiger partial charge in [0.25, 0.3) is 0 Å². The molecule has 3 aliphatic heterocycles. The Kier molecular flexibility index (Phi) is 5.59. The zero-order valence-corrected chi connectivity index (χ0v) is 18.1. The summed E-state index contributed by atoms with van der Waals surface area (Å²) in [7, 11) is 0. The zero-order chi connectivity index (χ0) is 21.9. The first-order valence-corrected chi connectivity index (χ1v) is 11.2. The molecule has 0 saturated heterocycles. The lowest BCUT2D eigenvalue weighted by Gasteiger charge is -2.37. The van der Waals surface area contributed by atoms with Crippen LogP contribution in [-0.4, -0.2) is 24.8 Å². The van der Waals surface area contributed by atoms with Gasteiger partial charge in [-0.15, -0.1) is 0 Å². The fourth-order valence-corrected chi connectivity index (χ4v) is 4.80. The van der Waals surface area contributed by atoms with Gasteiger partial charge in [0.05, 0.1) is 5.57 Å². The van der Waals surface area contributed by atoms with Crippen molar-refractivity contribution >= 4 is 22.9 Å². The molecule has 0 saturated carbocycles. The van der Waals surface area contributed by atoms with Crippen molar-refractivity contribution in [3.8, 4) is 0 Å². The number of allylic oxidation sites excluding steroid dienone is 6. The maximum Gasteiger partial charge on any atom is 0.368 e. The largest absolute Gasteiger partial charge is 0.371 e. The molecule has 0 spiro atoms. The van der Waals surface area contributed by atoms with Gasteiger partial charge in [0.1, 0.15) is 5.71 Å². The van der Waals surface area contributed by atoms with Crippen LogP contribution < -0.4 is 4.90 Å². The van der Waals surface area contributed by atoms with E-state index in [1.54, 1.807) is 6.08 Å². The Morgan fingerprint density at radius 2 is 1.75 bits per heavy atom. The number of aryl methyl sites for hydroxylation is 2. The Morgan fingerprint density at radius 3 is 2.44 bits per heavy atom. The van der Waals surface area contributed by atoms with E-state index in [0.29, 0.717) is 11.3 Å². The molecule has 4 nitrogen and oxygen atoms in total. The Bertz CT molecular complexity index is 1150. The molecule has 0 aliphatic carbocycles. The Morgan fingerprint density at radius 1 is 1.03 bits per heavy atom. The van der Waals surface area contributed by atoms with Gasteiger partial charge in [-0.3, -0.25) is 0 Å². The Labute approximate surface area is 188 Å². The second kappa shape index (κ2) is 8.83. The minimum atomic E-state index is -0.431. The first-order valence-electron chi connectivity index (χ1n) is 11.2. The first kappa shape index (κ1) is 20.3. The van der Waals surface area contributed by atoms with Crippen LogP contribution in [0.15, 0.2) is 90.2 Å². The SMILES string of the molecule is C=C\C(=C/C=C/C=C1/C(=O)ON=C1c1ccccc1)c1cc2c3c(c1)CCCN3CCC2. The van der Waals surface area contributed by atoms with Crippen molar-refractivity contribution < 1.29 is 9.63 Å². The van der Waals surface area contributed by atoms with E-state index in [9.17, 15) is 4.79 Å². The van der Waals surface area contributed by atoms with Crippen LogP contribution in [0, 0.1) is 0 Å². The predicted molar refractivity (Wildman–Crippen MR) is 130 cm³/mol. The molecule has 0 aromatic heterocycles. The quantitative estimate of drug-likeness (QED) is 0.368. The third kappa shape index (κ3) is 3.84. The van der Waals surface area contributed by atoms with Gasteiger partial charge in [-0.05, 0) is 66.2 Å². The molecule has 32 heavy (non-hydrogen) atoms. The second-order valence-electron chi connectivity index (χ2n) is 8.31. The number of carbonyl (C=O) groups is 1. The van der Waals surface area contributed by atoms with Crippen LogP contribution in [0.5, 0.6) is 0 Å². The molecule has 160 valence electrons. The van der Waals surface area contributed by atoms with E-state index >= 15 is 0 Å². The molecule has 0 atom stereocenters. The summed E-state index contributed by atoms with van der Waals surface area (Å²) in [5.74, 6) is -0.431. The van der Waals surface area contributed by atoms with Gasteiger partial charge >= 0.3 is 5.97 Å². The molecule has 4 heteroatoms. The van der Waals surface area contributed by atoms with Crippen LogP contribution in [0.4, 0.5) is 5.69 Å². The number of hydrogen-bond acceptors (Lipinski definition) is 4. The molecule has 0 bridgehead atoms. The van der Waals surface area contributed by atoms with Gasteiger partial charge in [0, 0.05) is 24.3 Å². The van der Waals surface area contributed by atoms with E-state index in [0.717, 1.165) is 24.0 Å². The third-order valence-corrected chi connectivity index (χ3v) is 6.28. The highest BCUT2D eigenvalue weighted by atomic mass is 16.7. The van der Waals surface area contributed by atoms with Gasteiger partial charge in [-0.1, -0.05) is 66.4 Å². The van der Waals surface area contributed by atoms with Crippen LogP contribution in [0.1, 0.15) is 35.1 Å². The van der Waals surface area contributed by atoms with Crippen molar-refractivity contribution in [3.05, 3.63) is 107 Å². The van der Waals surface area contributed by atoms with Crippen molar-refractivity contribution in [2.45, 2.75) is 25.7 Å². The Balaban J connectivity index is 1.41. The van der Waals surface area contributed by atoms with Gasteiger partial charge in [-0.2, -0.15) is 0 Å². The number of benzene rings is 2. The van der Waals surface area contributed by atoms with E-state index in [4.69, 9.17) is 4.84 Å². The summed E-state index contributed by atoms with van der Waals surface area (Å²) in [5, 5.41) is 3.95. The molecular weight excluding hydrogens is 396 g/mol. The first-order chi connectivity index (χ1) is 15.7. The number of oxime groups is 1. The number of carbonyl (C=O) groups excluding carboxylic acids is 1. The monoisotopic (exact) mass is 422 g/mol. The van der Waals surface area contributed by atoms with Crippen molar-refractivity contribution in [2.24, 2.45) is 5.16 Å². The van der Waals surface area contributed by atoms with Crippen LogP contribution in [0.25, 0.3) is 5.57 Å². The molecule has 3 heterocycles. The minimum Gasteiger partial charge on any atom is -0.371 e. The fourth-order valence-electron chi connectivity index (χ4n) is 4.80. The van der Waals surface area contributed by atoms with Gasteiger partial charge in [0.2, 0.25) is 0 Å². The molecule has 0 fully saturated rings. The molecular formula is C28H26N2O2. The average Bonchev–Trinajstić information content (AvgIpc) is 3.20. The number of anilines is 1. The molecule has 0 unspecified atom stereocenters. The molecule has 2 aromatic carbocycles. The third-order valence-electron chi connectivity index (χ3n) is 6.28. The van der Waals surface area contributed by atoms with E-state index < -0.39 is 5.97 Å². The lowest BCUT2D eigenvalue weighted by atomic mass is 9.88. The summed E-state index contributed by atoms with van der Waals surface area (Å²) in [4.78, 5) is 19.6. The van der Waals surface area contributed by atoms with Gasteiger partial charge < -0.3 is 9.74 Å². The summed E-state index contributed by atoms with van der Waals surface area (Å²) in [6, 6.07) is 14.2. The Hall–Kier alpha value is -3.66. The highest BCUT2D eigenvalue weighted by Gasteiger charge is 2.26. The summed E-state index contributed by atoms with van der Waals surface area (Å²) >= 11 is 0. The van der Waals surface area contributed by atoms with Crippen molar-refractivity contribution in [1.82, 2.24) is 0 Å². The molecule has 0 amide bonds. The fraction of sp³-hybridized carbons (Fsp3) is 0.214. The summed E-state index contributed by atoms with van der Waals surface area (Å²) in [5.41, 5.74) is 8.55. The number of nitrogens with zero attached hydrogens (tertiary/aromatic N) is 2. The highest BCUT2D eigenvalue weighted by Crippen LogP contribution is 2.37. The second-order valence-corrected chi connectivity index (χ2v) is 8.31. The van der Waals surface area contributed by atoms with Gasteiger partial charge in [-0.25, -0.2) is 4.79 Å². The van der Waals surface area contributed by atoms with Crippen LogP contribution in [0.3, 0.4) is 0 Å². The molecule has 3 aliphatic rings. The normalized spacial score (nSPS) is 19.2. The van der Waals surface area contributed by atoms with Crippen LogP contribution in [0.2, 0.25) is 0 Å². The summed E-state index contributed by atoms with van der Waals surface area (Å²) in [6.07, 6.45) is 14.2. The van der Waals surface area contributed by atoms with E-state index in [1.165, 1.54) is 48.3 Å². The lowest BCUT2D eigenvalue weighted by molar-refractivity contribution is -0.136. The molecule has 0 radical (unpaired) electrons. The van der Waals surface area contributed by atoms with Crippen LogP contribution in [-0.2, 0) is 22.5 Å². The van der Waals surface area contributed by atoms with E-state index in [-0.39, 0.29) is 0 Å². The number of hydrogen-bond donors (Lipinski definition) is 0. The maximum absolute atomic E-state index is 12.1. The topological polar surface area (TPSA) is 41.9 Å². The van der Waals surface area contributed by atoms with Crippen LogP contribution >= 0.6 is 0 Å². The summed E-state index contributed by atoms with van der Waals surface area (Å²) < 4.78 is 0.